The third-order valence-electron chi connectivity index (χ3n) is 2.96. The van der Waals surface area contributed by atoms with Gasteiger partial charge >= 0.3 is 0 Å². The van der Waals surface area contributed by atoms with Gasteiger partial charge in [-0.15, -0.1) is 0 Å². The molecule has 0 fully saturated rings. The van der Waals surface area contributed by atoms with E-state index < -0.39 is 23.0 Å². The summed E-state index contributed by atoms with van der Waals surface area (Å²) in [6.07, 6.45) is 1.39. The molecule has 1 aromatic heterocycles. The molecule has 1 amide bonds. The van der Waals surface area contributed by atoms with Gasteiger partial charge < -0.3 is 15.8 Å². The topological polar surface area (TPSA) is 77.2 Å². The first kappa shape index (κ1) is 16.7. The van der Waals surface area contributed by atoms with Crippen molar-refractivity contribution in [3.8, 4) is 11.5 Å². The summed E-state index contributed by atoms with van der Waals surface area (Å²) in [5.74, 6) is -2.72. The van der Waals surface area contributed by atoms with Gasteiger partial charge in [0.15, 0.2) is 11.6 Å². The highest BCUT2D eigenvalue weighted by atomic mass is 19.2. The van der Waals surface area contributed by atoms with E-state index in [1.807, 2.05) is 0 Å². The number of hydrogen-bond acceptors (Lipinski definition) is 4. The van der Waals surface area contributed by atoms with E-state index in [1.54, 1.807) is 20.8 Å². The van der Waals surface area contributed by atoms with Gasteiger partial charge in [0, 0.05) is 17.7 Å². The molecular weight excluding hydrogens is 304 g/mol. The van der Waals surface area contributed by atoms with E-state index in [1.165, 1.54) is 30.5 Å². The van der Waals surface area contributed by atoms with E-state index >= 15 is 0 Å². The first-order chi connectivity index (χ1) is 10.7. The highest BCUT2D eigenvalue weighted by Gasteiger charge is 2.24. The van der Waals surface area contributed by atoms with Crippen molar-refractivity contribution in [2.75, 3.05) is 11.1 Å². The van der Waals surface area contributed by atoms with Gasteiger partial charge in [0.1, 0.15) is 11.6 Å². The standard InChI is InChI=1S/C16H17F2N3O2/c1-16(2,3)15(22)21-10-4-5-11(14(18)13(10)17)23-9-6-7-20-12(19)8-9/h4-8H,1-3H3,(H2,19,20)(H,21,22). The normalized spacial score (nSPS) is 11.2. The van der Waals surface area contributed by atoms with E-state index in [2.05, 4.69) is 10.3 Å². The van der Waals surface area contributed by atoms with Gasteiger partial charge in [-0.05, 0) is 18.2 Å². The van der Waals surface area contributed by atoms with Gasteiger partial charge in [-0.2, -0.15) is 4.39 Å². The Morgan fingerprint density at radius 1 is 1.22 bits per heavy atom. The summed E-state index contributed by atoms with van der Waals surface area (Å²) < 4.78 is 33.4. The van der Waals surface area contributed by atoms with Crippen LogP contribution in [0.1, 0.15) is 20.8 Å². The highest BCUT2D eigenvalue weighted by Crippen LogP contribution is 2.30. The minimum absolute atomic E-state index is 0.192. The third-order valence-corrected chi connectivity index (χ3v) is 2.96. The number of anilines is 2. The Morgan fingerprint density at radius 3 is 2.52 bits per heavy atom. The van der Waals surface area contributed by atoms with Crippen LogP contribution in [0.3, 0.4) is 0 Å². The number of hydrogen-bond donors (Lipinski definition) is 2. The lowest BCUT2D eigenvalue weighted by Gasteiger charge is -2.18. The predicted molar refractivity (Wildman–Crippen MR) is 83.2 cm³/mol. The summed E-state index contributed by atoms with van der Waals surface area (Å²) in [6.45, 7) is 5.01. The molecule has 0 aliphatic heterocycles. The lowest BCUT2D eigenvalue weighted by atomic mass is 9.95. The van der Waals surface area contributed by atoms with Gasteiger partial charge in [-0.3, -0.25) is 4.79 Å². The van der Waals surface area contributed by atoms with Crippen molar-refractivity contribution in [3.05, 3.63) is 42.1 Å². The fourth-order valence-corrected chi connectivity index (χ4v) is 1.64. The smallest absolute Gasteiger partial charge is 0.229 e. The number of nitrogens with two attached hydrogens (primary N) is 1. The van der Waals surface area contributed by atoms with E-state index in [9.17, 15) is 13.6 Å². The Morgan fingerprint density at radius 2 is 1.91 bits per heavy atom. The minimum atomic E-state index is -1.20. The lowest BCUT2D eigenvalue weighted by Crippen LogP contribution is -2.28. The molecule has 3 N–H and O–H groups in total. The third kappa shape index (κ3) is 3.94. The Kier molecular flexibility index (Phi) is 4.49. The zero-order valence-electron chi connectivity index (χ0n) is 13.0. The number of nitrogens with zero attached hydrogens (tertiary/aromatic N) is 1. The molecule has 0 bridgehead atoms. The summed E-state index contributed by atoms with van der Waals surface area (Å²) >= 11 is 0. The fourth-order valence-electron chi connectivity index (χ4n) is 1.64. The average molecular weight is 321 g/mol. The van der Waals surface area contributed by atoms with Gasteiger partial charge in [0.05, 0.1) is 5.69 Å². The lowest BCUT2D eigenvalue weighted by molar-refractivity contribution is -0.123. The second-order valence-electron chi connectivity index (χ2n) is 5.96. The number of aromatic nitrogens is 1. The maximum Gasteiger partial charge on any atom is 0.229 e. The molecule has 1 heterocycles. The number of ether oxygens (including phenoxy) is 1. The van der Waals surface area contributed by atoms with Crippen molar-refractivity contribution in [3.63, 3.8) is 0 Å². The number of halogens is 2. The fraction of sp³-hybridized carbons (Fsp3) is 0.250. The maximum atomic E-state index is 14.1. The minimum Gasteiger partial charge on any atom is -0.454 e. The summed E-state index contributed by atoms with van der Waals surface area (Å²) in [4.78, 5) is 15.6. The van der Waals surface area contributed by atoms with Crippen molar-refractivity contribution in [1.29, 1.82) is 0 Å². The molecule has 0 aliphatic rings. The Bertz CT molecular complexity index is 743. The molecule has 7 heteroatoms. The molecule has 0 radical (unpaired) electrons. The van der Waals surface area contributed by atoms with Crippen molar-refractivity contribution < 1.29 is 18.3 Å². The summed E-state index contributed by atoms with van der Waals surface area (Å²) in [5, 5.41) is 2.35. The van der Waals surface area contributed by atoms with Crippen molar-refractivity contribution in [1.82, 2.24) is 4.98 Å². The number of nitrogens with one attached hydrogen (secondary N) is 1. The number of carbonyl (C=O) groups excluding carboxylic acids is 1. The monoisotopic (exact) mass is 321 g/mol. The molecule has 122 valence electrons. The van der Waals surface area contributed by atoms with E-state index in [-0.39, 0.29) is 23.0 Å². The zero-order chi connectivity index (χ0) is 17.2. The molecule has 0 aliphatic carbocycles. The summed E-state index contributed by atoms with van der Waals surface area (Å²) in [6, 6.07) is 5.31. The molecule has 0 saturated heterocycles. The van der Waals surface area contributed by atoms with Gasteiger partial charge in [-0.25, -0.2) is 9.37 Å². The molecule has 0 saturated carbocycles. The first-order valence-electron chi connectivity index (χ1n) is 6.87. The first-order valence-corrected chi connectivity index (χ1v) is 6.87. The average Bonchev–Trinajstić information content (AvgIpc) is 2.46. The van der Waals surface area contributed by atoms with E-state index in [0.29, 0.717) is 0 Å². The second kappa shape index (κ2) is 6.20. The second-order valence-corrected chi connectivity index (χ2v) is 5.96. The van der Waals surface area contributed by atoms with Gasteiger partial charge in [0.25, 0.3) is 0 Å². The number of carbonyl (C=O) groups is 1. The van der Waals surface area contributed by atoms with Crippen LogP contribution in [0.2, 0.25) is 0 Å². The maximum absolute atomic E-state index is 14.1. The quantitative estimate of drug-likeness (QED) is 0.903. The Hall–Kier alpha value is -2.70. The highest BCUT2D eigenvalue weighted by molar-refractivity contribution is 5.94. The summed E-state index contributed by atoms with van der Waals surface area (Å²) in [7, 11) is 0. The molecular formula is C16H17F2N3O2. The number of pyridine rings is 1. The van der Waals surface area contributed by atoms with E-state index in [4.69, 9.17) is 10.5 Å². The summed E-state index contributed by atoms with van der Waals surface area (Å²) in [5.41, 5.74) is 4.52. The van der Waals surface area contributed by atoms with Crippen LogP contribution in [-0.2, 0) is 4.79 Å². The van der Waals surface area contributed by atoms with E-state index in [0.717, 1.165) is 0 Å². The van der Waals surface area contributed by atoms with Crippen LogP contribution in [0, 0.1) is 17.0 Å². The van der Waals surface area contributed by atoms with Gasteiger partial charge in [-0.1, -0.05) is 20.8 Å². The molecule has 0 spiro atoms. The molecule has 2 rings (SSSR count). The molecule has 23 heavy (non-hydrogen) atoms. The Labute approximate surface area is 132 Å². The number of rotatable bonds is 3. The largest absolute Gasteiger partial charge is 0.454 e. The molecule has 0 atom stereocenters. The van der Waals surface area contributed by atoms with Crippen molar-refractivity contribution in [2.45, 2.75) is 20.8 Å². The van der Waals surface area contributed by atoms with Crippen LogP contribution in [0.5, 0.6) is 11.5 Å². The number of nitrogen functional groups attached to an aromatic ring is 1. The van der Waals surface area contributed by atoms with Crippen molar-refractivity contribution in [2.24, 2.45) is 5.41 Å². The van der Waals surface area contributed by atoms with Crippen LogP contribution >= 0.6 is 0 Å². The van der Waals surface area contributed by atoms with Crippen LogP contribution in [-0.4, -0.2) is 10.9 Å². The van der Waals surface area contributed by atoms with Crippen molar-refractivity contribution >= 4 is 17.4 Å². The van der Waals surface area contributed by atoms with Crippen LogP contribution in [0.25, 0.3) is 0 Å². The van der Waals surface area contributed by atoms with Crippen LogP contribution in [0.15, 0.2) is 30.5 Å². The zero-order valence-corrected chi connectivity index (χ0v) is 13.0. The number of benzene rings is 1. The SMILES string of the molecule is CC(C)(C)C(=O)Nc1ccc(Oc2ccnc(N)c2)c(F)c1F. The molecule has 5 nitrogen and oxygen atoms in total. The predicted octanol–water partition coefficient (Wildman–Crippen LogP) is 3.72. The molecule has 2 aromatic rings. The molecule has 0 unspecified atom stereocenters. The Balaban J connectivity index is 2.25. The van der Waals surface area contributed by atoms with Crippen LogP contribution < -0.4 is 15.8 Å². The molecule has 1 aromatic carbocycles. The van der Waals surface area contributed by atoms with Crippen LogP contribution in [0.4, 0.5) is 20.3 Å². The van der Waals surface area contributed by atoms with Gasteiger partial charge in [0.2, 0.25) is 11.7 Å². The number of amides is 1.